The van der Waals surface area contributed by atoms with Gasteiger partial charge in [-0.2, -0.15) is 9.61 Å². The number of nitrogen functional groups attached to an aromatic ring is 2. The largest absolute Gasteiger partial charge is 0.383 e. The van der Waals surface area contributed by atoms with Crippen molar-refractivity contribution in [3.8, 4) is 21.8 Å². The fourth-order valence-corrected chi connectivity index (χ4v) is 3.36. The van der Waals surface area contributed by atoms with Crippen molar-refractivity contribution in [2.24, 2.45) is 0 Å². The average molecular weight is 337 g/mol. The molecule has 3 heterocycles. The minimum absolute atomic E-state index is 0.409. The molecule has 0 spiro atoms. The quantitative estimate of drug-likeness (QED) is 0.595. The van der Waals surface area contributed by atoms with E-state index in [4.69, 9.17) is 11.5 Å². The van der Waals surface area contributed by atoms with E-state index < -0.39 is 0 Å². The van der Waals surface area contributed by atoms with Crippen molar-refractivity contribution in [2.75, 3.05) is 11.5 Å². The Balaban J connectivity index is 1.98. The smallest absolute Gasteiger partial charge is 0.187 e. The summed E-state index contributed by atoms with van der Waals surface area (Å²) in [5, 5.41) is 15.7. The Labute approximate surface area is 142 Å². The van der Waals surface area contributed by atoms with Crippen LogP contribution in [0.1, 0.15) is 12.6 Å². The van der Waals surface area contributed by atoms with Crippen LogP contribution in [0, 0.1) is 0 Å². The summed E-state index contributed by atoms with van der Waals surface area (Å²) in [7, 11) is 0. The maximum atomic E-state index is 6.30. The van der Waals surface area contributed by atoms with Crippen molar-refractivity contribution in [2.45, 2.75) is 13.3 Å². The van der Waals surface area contributed by atoms with Crippen LogP contribution in [0.5, 0.6) is 0 Å². The van der Waals surface area contributed by atoms with Gasteiger partial charge in [-0.3, -0.25) is 0 Å². The molecule has 0 bridgehead atoms. The zero-order valence-corrected chi connectivity index (χ0v) is 13.8. The fraction of sp³-hybridized carbons (Fsp3) is 0.125. The fourth-order valence-electron chi connectivity index (χ4n) is 2.66. The summed E-state index contributed by atoms with van der Waals surface area (Å²) < 4.78 is 1.64. The molecule has 0 aliphatic heterocycles. The second kappa shape index (κ2) is 5.57. The molecule has 0 saturated carbocycles. The molecule has 0 fully saturated rings. The lowest BCUT2D eigenvalue weighted by molar-refractivity contribution is 0.872. The Morgan fingerprint density at radius 2 is 1.92 bits per heavy atom. The molecule has 0 saturated heterocycles. The maximum absolute atomic E-state index is 6.30. The molecule has 4 rings (SSSR count). The molecule has 0 aliphatic rings. The van der Waals surface area contributed by atoms with E-state index in [1.165, 1.54) is 11.3 Å². The summed E-state index contributed by atoms with van der Waals surface area (Å²) in [4.78, 5) is 4.23. The van der Waals surface area contributed by atoms with Crippen LogP contribution in [0.25, 0.3) is 27.5 Å². The Hall–Kier alpha value is -3.00. The van der Waals surface area contributed by atoms with Gasteiger partial charge in [-0.1, -0.05) is 37.3 Å². The van der Waals surface area contributed by atoms with Crippen LogP contribution in [0.4, 0.5) is 11.6 Å². The minimum atomic E-state index is 0.409. The molecule has 0 atom stereocenters. The molecule has 1 aromatic carbocycles. The Bertz CT molecular complexity index is 1020. The molecular weight excluding hydrogens is 322 g/mol. The van der Waals surface area contributed by atoms with E-state index in [2.05, 4.69) is 27.2 Å². The van der Waals surface area contributed by atoms with Gasteiger partial charge in [0.25, 0.3) is 0 Å². The number of hydrogen-bond acceptors (Lipinski definition) is 7. The van der Waals surface area contributed by atoms with Gasteiger partial charge in [0, 0.05) is 5.38 Å². The lowest BCUT2D eigenvalue weighted by Crippen LogP contribution is -2.05. The van der Waals surface area contributed by atoms with Gasteiger partial charge in [0.15, 0.2) is 17.2 Å². The van der Waals surface area contributed by atoms with Crippen molar-refractivity contribution in [3.05, 3.63) is 41.4 Å². The Morgan fingerprint density at radius 3 is 2.58 bits per heavy atom. The highest BCUT2D eigenvalue weighted by Gasteiger charge is 2.20. The summed E-state index contributed by atoms with van der Waals surface area (Å²) in [6.45, 7) is 2.06. The van der Waals surface area contributed by atoms with Gasteiger partial charge < -0.3 is 11.5 Å². The molecule has 0 unspecified atom stereocenters. The third-order valence-corrected chi connectivity index (χ3v) is 4.64. The summed E-state index contributed by atoms with van der Waals surface area (Å²) in [6.07, 6.45) is 0.770. The van der Waals surface area contributed by atoms with Gasteiger partial charge in [0.05, 0.1) is 11.3 Å². The molecule has 0 aliphatic carbocycles. The van der Waals surface area contributed by atoms with E-state index in [1.54, 1.807) is 9.90 Å². The van der Waals surface area contributed by atoms with Gasteiger partial charge in [0.1, 0.15) is 10.8 Å². The topological polar surface area (TPSA) is 108 Å². The van der Waals surface area contributed by atoms with Crippen LogP contribution in [-0.2, 0) is 6.42 Å². The van der Waals surface area contributed by atoms with Crippen LogP contribution in [0.15, 0.2) is 35.7 Å². The molecular formula is C16H15N7S. The second-order valence-electron chi connectivity index (χ2n) is 5.29. The van der Waals surface area contributed by atoms with Gasteiger partial charge in [-0.05, 0) is 12.0 Å². The number of hydrogen-bond donors (Lipinski definition) is 2. The normalized spacial score (nSPS) is 11.2. The standard InChI is InChI=1S/C16H15N7S/c1-2-10-12(9-6-4-3-5-7-9)15-21-20-13(14(18)23(15)22-10)16-19-11(17)8-24-16/h3-8H,2,17-18H2,1H3. The van der Waals surface area contributed by atoms with E-state index in [-0.39, 0.29) is 0 Å². The van der Waals surface area contributed by atoms with E-state index in [1.807, 2.05) is 30.3 Å². The number of aryl methyl sites for hydroxylation is 1. The highest BCUT2D eigenvalue weighted by Crippen LogP contribution is 2.32. The summed E-state index contributed by atoms with van der Waals surface area (Å²) in [6, 6.07) is 10.0. The van der Waals surface area contributed by atoms with Crippen LogP contribution in [0.3, 0.4) is 0 Å². The highest BCUT2D eigenvalue weighted by molar-refractivity contribution is 7.13. The number of aromatic nitrogens is 5. The highest BCUT2D eigenvalue weighted by atomic mass is 32.1. The monoisotopic (exact) mass is 337 g/mol. The zero-order chi connectivity index (χ0) is 16.7. The Morgan fingerprint density at radius 1 is 1.12 bits per heavy atom. The summed E-state index contributed by atoms with van der Waals surface area (Å²) in [5.74, 6) is 0.849. The number of rotatable bonds is 3. The predicted octanol–water partition coefficient (Wildman–Crippen LogP) is 2.64. The van der Waals surface area contributed by atoms with Crippen molar-refractivity contribution in [1.82, 2.24) is 24.8 Å². The van der Waals surface area contributed by atoms with Crippen LogP contribution >= 0.6 is 11.3 Å². The molecule has 7 nitrogen and oxygen atoms in total. The number of nitrogens with zero attached hydrogens (tertiary/aromatic N) is 5. The van der Waals surface area contributed by atoms with Crippen LogP contribution < -0.4 is 11.5 Å². The molecule has 0 radical (unpaired) electrons. The molecule has 4 N–H and O–H groups in total. The zero-order valence-electron chi connectivity index (χ0n) is 13.0. The van der Waals surface area contributed by atoms with Crippen molar-refractivity contribution in [3.63, 3.8) is 0 Å². The molecule has 4 aromatic rings. The average Bonchev–Trinajstić information content (AvgIpc) is 3.20. The first kappa shape index (κ1) is 14.6. The minimum Gasteiger partial charge on any atom is -0.383 e. The summed E-state index contributed by atoms with van der Waals surface area (Å²) >= 11 is 1.38. The van der Waals surface area contributed by atoms with E-state index >= 15 is 0 Å². The first-order valence-corrected chi connectivity index (χ1v) is 8.37. The molecule has 120 valence electrons. The second-order valence-corrected chi connectivity index (χ2v) is 6.15. The van der Waals surface area contributed by atoms with Crippen LogP contribution in [0.2, 0.25) is 0 Å². The molecule has 8 heteroatoms. The number of thiazole rings is 1. The van der Waals surface area contributed by atoms with E-state index in [0.29, 0.717) is 28.0 Å². The molecule has 3 aromatic heterocycles. The first-order chi connectivity index (χ1) is 11.7. The number of nitrogens with two attached hydrogens (primary N) is 2. The van der Waals surface area contributed by atoms with Gasteiger partial charge >= 0.3 is 0 Å². The predicted molar refractivity (Wildman–Crippen MR) is 95.5 cm³/mol. The van der Waals surface area contributed by atoms with E-state index in [0.717, 1.165) is 23.2 Å². The van der Waals surface area contributed by atoms with Gasteiger partial charge in [-0.25, -0.2) is 4.98 Å². The van der Waals surface area contributed by atoms with Gasteiger partial charge in [-0.15, -0.1) is 21.5 Å². The number of anilines is 2. The van der Waals surface area contributed by atoms with Crippen LogP contribution in [-0.4, -0.2) is 24.8 Å². The number of benzene rings is 1. The molecule has 24 heavy (non-hydrogen) atoms. The third kappa shape index (κ3) is 2.19. The number of fused-ring (bicyclic) bond motifs is 1. The first-order valence-electron chi connectivity index (χ1n) is 7.49. The van der Waals surface area contributed by atoms with Crippen molar-refractivity contribution >= 4 is 28.6 Å². The third-order valence-electron chi connectivity index (χ3n) is 3.77. The van der Waals surface area contributed by atoms with Crippen molar-refractivity contribution < 1.29 is 0 Å². The summed E-state index contributed by atoms with van der Waals surface area (Å²) in [5.41, 5.74) is 16.1. The lowest BCUT2D eigenvalue weighted by Gasteiger charge is -2.04. The van der Waals surface area contributed by atoms with Crippen molar-refractivity contribution in [1.29, 1.82) is 0 Å². The lowest BCUT2D eigenvalue weighted by atomic mass is 10.0. The van der Waals surface area contributed by atoms with Gasteiger partial charge in [0.2, 0.25) is 0 Å². The SMILES string of the molecule is CCc1nn2c(N)c(-c3nc(N)cs3)nnc2c1-c1ccccc1. The molecule has 0 amide bonds. The Kier molecular flexibility index (Phi) is 3.39. The maximum Gasteiger partial charge on any atom is 0.187 e. The van der Waals surface area contributed by atoms with E-state index in [9.17, 15) is 0 Å².